The van der Waals surface area contributed by atoms with Gasteiger partial charge in [0.05, 0.1) is 6.61 Å². The Hall–Kier alpha value is -1.25. The number of ether oxygens (including phenoxy) is 1. The van der Waals surface area contributed by atoms with Gasteiger partial charge < -0.3 is 10.1 Å². The van der Waals surface area contributed by atoms with Crippen molar-refractivity contribution in [3.63, 3.8) is 0 Å². The summed E-state index contributed by atoms with van der Waals surface area (Å²) in [6, 6.07) is 5.85. The van der Waals surface area contributed by atoms with E-state index in [2.05, 4.69) is 17.2 Å². The molecule has 0 aliphatic heterocycles. The van der Waals surface area contributed by atoms with Crippen LogP contribution in [0.2, 0.25) is 0 Å². The smallest absolute Gasteiger partial charge is 0.215 e. The van der Waals surface area contributed by atoms with E-state index in [0.29, 0.717) is 17.9 Å². The van der Waals surface area contributed by atoms with Crippen molar-refractivity contribution in [2.75, 3.05) is 18.5 Å². The molecule has 0 spiro atoms. The van der Waals surface area contributed by atoms with Gasteiger partial charge in [0.2, 0.25) is 5.88 Å². The second-order valence-corrected chi connectivity index (χ2v) is 4.81. The first-order valence-corrected chi connectivity index (χ1v) is 6.06. The number of hydrogen-bond acceptors (Lipinski definition) is 3. The first-order valence-electron chi connectivity index (χ1n) is 6.06. The fraction of sp³-hybridized carbons (Fsp3) is 0.615. The van der Waals surface area contributed by atoms with Crippen LogP contribution in [0.5, 0.6) is 5.88 Å². The molecule has 0 radical (unpaired) electrons. The lowest BCUT2D eigenvalue weighted by molar-refractivity contribution is 0.179. The molecule has 0 unspecified atom stereocenters. The van der Waals surface area contributed by atoms with Gasteiger partial charge >= 0.3 is 0 Å². The molecular weight excluding hydrogens is 200 g/mol. The summed E-state index contributed by atoms with van der Waals surface area (Å²) in [7, 11) is 0. The van der Waals surface area contributed by atoms with Gasteiger partial charge in [-0.1, -0.05) is 19.4 Å². The van der Waals surface area contributed by atoms with Crippen molar-refractivity contribution < 1.29 is 4.74 Å². The van der Waals surface area contributed by atoms with Crippen LogP contribution in [0.3, 0.4) is 0 Å². The lowest BCUT2D eigenvalue weighted by Gasteiger charge is -2.38. The average Bonchev–Trinajstić information content (AvgIpc) is 2.25. The van der Waals surface area contributed by atoms with E-state index in [4.69, 9.17) is 4.74 Å². The summed E-state index contributed by atoms with van der Waals surface area (Å²) in [4.78, 5) is 4.39. The maximum atomic E-state index is 5.37. The van der Waals surface area contributed by atoms with Crippen LogP contribution in [-0.4, -0.2) is 18.1 Å². The van der Waals surface area contributed by atoms with E-state index in [0.717, 1.165) is 12.4 Å². The second-order valence-electron chi connectivity index (χ2n) is 4.81. The molecule has 1 aliphatic rings. The van der Waals surface area contributed by atoms with E-state index in [1.165, 1.54) is 19.3 Å². The second kappa shape index (κ2) is 4.73. The molecule has 0 amide bonds. The lowest BCUT2D eigenvalue weighted by atomic mass is 9.70. The molecule has 16 heavy (non-hydrogen) atoms. The predicted octanol–water partition coefficient (Wildman–Crippen LogP) is 3.08. The van der Waals surface area contributed by atoms with Crippen molar-refractivity contribution in [3.05, 3.63) is 18.2 Å². The van der Waals surface area contributed by atoms with Crippen LogP contribution < -0.4 is 10.1 Å². The summed E-state index contributed by atoms with van der Waals surface area (Å²) in [5.74, 6) is 1.62. The Labute approximate surface area is 97.2 Å². The molecule has 0 saturated heterocycles. The molecule has 88 valence electrons. The van der Waals surface area contributed by atoms with Gasteiger partial charge in [-0.3, -0.25) is 0 Å². The van der Waals surface area contributed by atoms with E-state index < -0.39 is 0 Å². The van der Waals surface area contributed by atoms with Gasteiger partial charge in [0.25, 0.3) is 0 Å². The van der Waals surface area contributed by atoms with Crippen LogP contribution in [-0.2, 0) is 0 Å². The molecule has 3 nitrogen and oxygen atoms in total. The molecule has 1 heterocycles. The molecule has 1 fully saturated rings. The number of hydrogen-bond donors (Lipinski definition) is 1. The molecule has 0 aromatic carbocycles. The van der Waals surface area contributed by atoms with Gasteiger partial charge in [0.1, 0.15) is 5.82 Å². The van der Waals surface area contributed by atoms with Gasteiger partial charge in [-0.15, -0.1) is 0 Å². The Morgan fingerprint density at radius 3 is 2.88 bits per heavy atom. The third-order valence-corrected chi connectivity index (χ3v) is 3.27. The van der Waals surface area contributed by atoms with Crippen LogP contribution in [0, 0.1) is 5.41 Å². The van der Waals surface area contributed by atoms with Gasteiger partial charge in [-0.05, 0) is 31.2 Å². The first kappa shape index (κ1) is 11.2. The van der Waals surface area contributed by atoms with E-state index in [9.17, 15) is 0 Å². The topological polar surface area (TPSA) is 34.1 Å². The molecule has 1 N–H and O–H groups in total. The summed E-state index contributed by atoms with van der Waals surface area (Å²) in [5.41, 5.74) is 0.475. The Balaban J connectivity index is 1.90. The summed E-state index contributed by atoms with van der Waals surface area (Å²) in [5, 5.41) is 3.39. The molecule has 1 aromatic rings. The molecule has 0 bridgehead atoms. The first-order chi connectivity index (χ1) is 7.72. The van der Waals surface area contributed by atoms with Gasteiger partial charge in [0.15, 0.2) is 0 Å². The maximum absolute atomic E-state index is 5.37. The monoisotopic (exact) mass is 220 g/mol. The van der Waals surface area contributed by atoms with Crippen LogP contribution >= 0.6 is 0 Å². The quantitative estimate of drug-likeness (QED) is 0.828. The van der Waals surface area contributed by atoms with Crippen molar-refractivity contribution in [1.82, 2.24) is 4.98 Å². The molecule has 1 saturated carbocycles. The fourth-order valence-electron chi connectivity index (χ4n) is 2.00. The Morgan fingerprint density at radius 1 is 1.44 bits per heavy atom. The highest BCUT2D eigenvalue weighted by Gasteiger charge is 2.31. The number of aromatic nitrogens is 1. The number of anilines is 1. The van der Waals surface area contributed by atoms with E-state index in [1.807, 2.05) is 25.1 Å². The Kier molecular flexibility index (Phi) is 3.32. The molecule has 0 atom stereocenters. The summed E-state index contributed by atoms with van der Waals surface area (Å²) in [6.07, 6.45) is 4.01. The van der Waals surface area contributed by atoms with Crippen molar-refractivity contribution >= 4 is 5.82 Å². The molecular formula is C13H20N2O. The third-order valence-electron chi connectivity index (χ3n) is 3.27. The van der Waals surface area contributed by atoms with Crippen molar-refractivity contribution in [3.8, 4) is 5.88 Å². The zero-order chi connectivity index (χ0) is 11.4. The summed E-state index contributed by atoms with van der Waals surface area (Å²) in [6.45, 7) is 5.97. The molecule has 2 rings (SSSR count). The highest BCUT2D eigenvalue weighted by molar-refractivity contribution is 5.37. The number of nitrogens with zero attached hydrogens (tertiary/aromatic N) is 1. The van der Waals surface area contributed by atoms with Crippen molar-refractivity contribution in [2.45, 2.75) is 33.1 Å². The van der Waals surface area contributed by atoms with E-state index in [-0.39, 0.29) is 0 Å². The zero-order valence-corrected chi connectivity index (χ0v) is 10.1. The molecule has 1 aliphatic carbocycles. The summed E-state index contributed by atoms with van der Waals surface area (Å²) < 4.78 is 5.37. The van der Waals surface area contributed by atoms with Crippen molar-refractivity contribution in [1.29, 1.82) is 0 Å². The van der Waals surface area contributed by atoms with Crippen LogP contribution in [0.25, 0.3) is 0 Å². The van der Waals surface area contributed by atoms with Gasteiger partial charge in [-0.25, -0.2) is 0 Å². The maximum Gasteiger partial charge on any atom is 0.215 e. The highest BCUT2D eigenvalue weighted by Crippen LogP contribution is 2.40. The minimum Gasteiger partial charge on any atom is -0.478 e. The van der Waals surface area contributed by atoms with E-state index in [1.54, 1.807) is 0 Å². The predicted molar refractivity (Wildman–Crippen MR) is 65.9 cm³/mol. The lowest BCUT2D eigenvalue weighted by Crippen LogP contribution is -2.33. The Bertz CT molecular complexity index is 348. The van der Waals surface area contributed by atoms with Crippen LogP contribution in [0.15, 0.2) is 18.2 Å². The van der Waals surface area contributed by atoms with E-state index >= 15 is 0 Å². The average molecular weight is 220 g/mol. The third kappa shape index (κ3) is 2.65. The summed E-state index contributed by atoms with van der Waals surface area (Å²) >= 11 is 0. The van der Waals surface area contributed by atoms with Gasteiger partial charge in [-0.2, -0.15) is 4.98 Å². The number of rotatable bonds is 5. The minimum absolute atomic E-state index is 0.475. The largest absolute Gasteiger partial charge is 0.478 e. The SMILES string of the molecule is CCOc1cccc(NCC2(C)CCC2)n1. The Morgan fingerprint density at radius 2 is 2.25 bits per heavy atom. The highest BCUT2D eigenvalue weighted by atomic mass is 16.5. The van der Waals surface area contributed by atoms with Crippen molar-refractivity contribution in [2.24, 2.45) is 5.41 Å². The number of nitrogens with one attached hydrogen (secondary N) is 1. The van der Waals surface area contributed by atoms with Crippen LogP contribution in [0.4, 0.5) is 5.82 Å². The molecule has 3 heteroatoms. The van der Waals surface area contributed by atoms with Gasteiger partial charge in [0, 0.05) is 12.6 Å². The molecule has 1 aromatic heterocycles. The fourth-order valence-corrected chi connectivity index (χ4v) is 2.00. The van der Waals surface area contributed by atoms with Crippen LogP contribution in [0.1, 0.15) is 33.1 Å². The standard InChI is InChI=1S/C13H20N2O/c1-3-16-12-7-4-6-11(15-12)14-10-13(2)8-5-9-13/h4,6-7H,3,5,8-10H2,1-2H3,(H,14,15). The minimum atomic E-state index is 0.475. The normalized spacial score (nSPS) is 17.6. The zero-order valence-electron chi connectivity index (χ0n) is 10.1. The number of pyridine rings is 1.